The number of nitriles is 1. The van der Waals surface area contributed by atoms with Crippen molar-refractivity contribution in [2.75, 3.05) is 6.54 Å². The average molecular weight is 233 g/mol. The molecule has 0 radical (unpaired) electrons. The minimum absolute atomic E-state index is 0.00329. The number of piperidine rings is 2. The van der Waals surface area contributed by atoms with Crippen LogP contribution in [0.15, 0.2) is 0 Å². The van der Waals surface area contributed by atoms with E-state index in [-0.39, 0.29) is 18.0 Å². The van der Waals surface area contributed by atoms with E-state index in [1.54, 1.807) is 4.90 Å². The summed E-state index contributed by atoms with van der Waals surface area (Å²) in [6, 6.07) is 2.61. The fraction of sp³-hybridized carbons (Fsp3) is 0.846. The van der Waals surface area contributed by atoms with Crippen LogP contribution in [0.3, 0.4) is 0 Å². The number of likely N-dealkylation sites (tertiary alicyclic amines) is 1. The molecule has 4 heteroatoms. The maximum Gasteiger partial charge on any atom is 0.241 e. The first-order valence-corrected chi connectivity index (χ1v) is 6.76. The van der Waals surface area contributed by atoms with E-state index in [9.17, 15) is 4.79 Å². The molecule has 2 bridgehead atoms. The van der Waals surface area contributed by atoms with E-state index >= 15 is 0 Å². The van der Waals surface area contributed by atoms with Gasteiger partial charge in [0.15, 0.2) is 0 Å². The van der Waals surface area contributed by atoms with Crippen molar-refractivity contribution in [2.24, 2.45) is 5.92 Å². The molecule has 17 heavy (non-hydrogen) atoms. The third kappa shape index (κ3) is 1.83. The lowest BCUT2D eigenvalue weighted by atomic mass is 9.76. The number of carbonyl (C=O) groups excluding carboxylic acids is 1. The number of carbonyl (C=O) groups is 1. The fourth-order valence-corrected chi connectivity index (χ4v) is 3.63. The summed E-state index contributed by atoms with van der Waals surface area (Å²) in [7, 11) is 0. The Bertz CT molecular complexity index is 354. The first-order valence-electron chi connectivity index (χ1n) is 6.76. The summed E-state index contributed by atoms with van der Waals surface area (Å²) < 4.78 is 0. The van der Waals surface area contributed by atoms with Crippen molar-refractivity contribution >= 4 is 5.91 Å². The van der Waals surface area contributed by atoms with Crippen LogP contribution >= 0.6 is 0 Å². The average Bonchev–Trinajstić information content (AvgIpc) is 2.87. The number of hydrogen-bond donors (Lipinski definition) is 1. The van der Waals surface area contributed by atoms with E-state index in [1.165, 1.54) is 25.7 Å². The van der Waals surface area contributed by atoms with Crippen molar-refractivity contribution in [1.82, 2.24) is 10.2 Å². The molecule has 4 aliphatic rings. The number of nitrogens with one attached hydrogen (secondary N) is 1. The topological polar surface area (TPSA) is 56.1 Å². The highest BCUT2D eigenvalue weighted by Crippen LogP contribution is 2.34. The zero-order chi connectivity index (χ0) is 11.8. The summed E-state index contributed by atoms with van der Waals surface area (Å²) in [5, 5.41) is 12.5. The van der Waals surface area contributed by atoms with Crippen molar-refractivity contribution in [3.63, 3.8) is 0 Å². The molecule has 4 rings (SSSR count). The predicted octanol–water partition coefficient (Wildman–Crippen LogP) is 1.03. The molecular formula is C13H19N3O. The lowest BCUT2D eigenvalue weighted by Gasteiger charge is -2.44. The Kier molecular flexibility index (Phi) is 2.79. The Morgan fingerprint density at radius 2 is 2.00 bits per heavy atom. The molecule has 92 valence electrons. The van der Waals surface area contributed by atoms with Gasteiger partial charge in [0.1, 0.15) is 6.04 Å². The van der Waals surface area contributed by atoms with Crippen molar-refractivity contribution in [3.8, 4) is 6.07 Å². The summed E-state index contributed by atoms with van der Waals surface area (Å²) >= 11 is 0. The number of rotatable bonds is 1. The highest BCUT2D eigenvalue weighted by Gasteiger charge is 2.42. The van der Waals surface area contributed by atoms with Crippen LogP contribution in [0.1, 0.15) is 38.5 Å². The second kappa shape index (κ2) is 4.30. The smallest absolute Gasteiger partial charge is 0.241 e. The maximum atomic E-state index is 12.5. The SMILES string of the molecule is N#C[C@@H]1CCCN1C(=O)[C@@H]1NC2CCC1CC2. The molecule has 2 atom stereocenters. The summed E-state index contributed by atoms with van der Waals surface area (Å²) in [5.74, 6) is 0.691. The normalized spacial score (nSPS) is 40.3. The molecule has 4 fully saturated rings. The third-order valence-corrected chi connectivity index (χ3v) is 4.61. The molecule has 1 amide bonds. The van der Waals surface area contributed by atoms with E-state index in [2.05, 4.69) is 11.4 Å². The standard InChI is InChI=1S/C13H19N3O/c14-8-11-2-1-7-16(11)13(17)12-9-3-5-10(15-12)6-4-9/h9-12,15H,1-7H2/t9?,10?,11-,12+/m0/s1. The molecule has 0 aromatic carbocycles. The van der Waals surface area contributed by atoms with E-state index in [1.807, 2.05) is 0 Å². The largest absolute Gasteiger partial charge is 0.325 e. The molecule has 3 heterocycles. The van der Waals surface area contributed by atoms with Gasteiger partial charge in [-0.25, -0.2) is 0 Å². The van der Waals surface area contributed by atoms with Gasteiger partial charge in [0.2, 0.25) is 5.91 Å². The molecule has 0 unspecified atom stereocenters. The van der Waals surface area contributed by atoms with Gasteiger partial charge in [-0.15, -0.1) is 0 Å². The van der Waals surface area contributed by atoms with Crippen molar-refractivity contribution in [3.05, 3.63) is 0 Å². The molecule has 4 nitrogen and oxygen atoms in total. The van der Waals surface area contributed by atoms with Crippen LogP contribution < -0.4 is 5.32 Å². The molecule has 0 aromatic rings. The van der Waals surface area contributed by atoms with E-state index in [0.29, 0.717) is 12.0 Å². The summed E-state index contributed by atoms with van der Waals surface area (Å²) in [5.41, 5.74) is 0. The molecule has 3 saturated heterocycles. The van der Waals surface area contributed by atoms with Gasteiger partial charge < -0.3 is 10.2 Å². The van der Waals surface area contributed by atoms with Crippen molar-refractivity contribution < 1.29 is 4.79 Å². The van der Waals surface area contributed by atoms with Gasteiger partial charge in [-0.05, 0) is 44.4 Å². The second-order valence-corrected chi connectivity index (χ2v) is 5.57. The molecule has 3 aliphatic heterocycles. The quantitative estimate of drug-likeness (QED) is 0.736. The van der Waals surface area contributed by atoms with Gasteiger partial charge in [0.25, 0.3) is 0 Å². The van der Waals surface area contributed by atoms with Crippen molar-refractivity contribution in [1.29, 1.82) is 5.26 Å². The zero-order valence-corrected chi connectivity index (χ0v) is 10.1. The van der Waals surface area contributed by atoms with Crippen LogP contribution in [0.25, 0.3) is 0 Å². The molecule has 0 aromatic heterocycles. The fourth-order valence-electron chi connectivity index (χ4n) is 3.63. The van der Waals surface area contributed by atoms with Gasteiger partial charge in [-0.1, -0.05) is 0 Å². The lowest BCUT2D eigenvalue weighted by molar-refractivity contribution is -0.137. The maximum absolute atomic E-state index is 12.5. The minimum atomic E-state index is -0.176. The van der Waals surface area contributed by atoms with Crippen LogP contribution in [0, 0.1) is 17.2 Å². The predicted molar refractivity (Wildman–Crippen MR) is 63.0 cm³/mol. The van der Waals surface area contributed by atoms with Crippen LogP contribution in [0.5, 0.6) is 0 Å². The van der Waals surface area contributed by atoms with E-state index in [4.69, 9.17) is 5.26 Å². The minimum Gasteiger partial charge on any atom is -0.325 e. The first-order chi connectivity index (χ1) is 8.29. The number of amides is 1. The molecule has 1 aliphatic carbocycles. The second-order valence-electron chi connectivity index (χ2n) is 5.57. The molecule has 1 N–H and O–H groups in total. The first kappa shape index (κ1) is 11.0. The summed E-state index contributed by atoms with van der Waals surface area (Å²) in [4.78, 5) is 14.3. The highest BCUT2D eigenvalue weighted by atomic mass is 16.2. The molecule has 0 spiro atoms. The molecule has 1 saturated carbocycles. The van der Waals surface area contributed by atoms with Gasteiger partial charge in [-0.3, -0.25) is 4.79 Å². The van der Waals surface area contributed by atoms with E-state index in [0.717, 1.165) is 19.4 Å². The number of nitrogens with zero attached hydrogens (tertiary/aromatic N) is 2. The van der Waals surface area contributed by atoms with Gasteiger partial charge in [0.05, 0.1) is 12.1 Å². The summed E-state index contributed by atoms with van der Waals surface area (Å²) in [6.07, 6.45) is 6.62. The lowest BCUT2D eigenvalue weighted by Crippen LogP contribution is -2.59. The number of fused-ring (bicyclic) bond motifs is 3. The Hall–Kier alpha value is -1.08. The van der Waals surface area contributed by atoms with Crippen LogP contribution in [-0.4, -0.2) is 35.5 Å². The van der Waals surface area contributed by atoms with Crippen LogP contribution in [0.2, 0.25) is 0 Å². The van der Waals surface area contributed by atoms with Crippen LogP contribution in [-0.2, 0) is 4.79 Å². The van der Waals surface area contributed by atoms with Crippen molar-refractivity contribution in [2.45, 2.75) is 56.7 Å². The Morgan fingerprint density at radius 1 is 1.24 bits per heavy atom. The van der Waals surface area contributed by atoms with Crippen LogP contribution in [0.4, 0.5) is 0 Å². The zero-order valence-electron chi connectivity index (χ0n) is 10.1. The Labute approximate surface area is 102 Å². The van der Waals surface area contributed by atoms with Gasteiger partial charge >= 0.3 is 0 Å². The van der Waals surface area contributed by atoms with Gasteiger partial charge in [-0.2, -0.15) is 5.26 Å². The number of hydrogen-bond acceptors (Lipinski definition) is 3. The monoisotopic (exact) mass is 233 g/mol. The highest BCUT2D eigenvalue weighted by molar-refractivity contribution is 5.83. The molecular weight excluding hydrogens is 214 g/mol. The Morgan fingerprint density at radius 3 is 2.59 bits per heavy atom. The Balaban J connectivity index is 1.72. The van der Waals surface area contributed by atoms with E-state index < -0.39 is 0 Å². The summed E-state index contributed by atoms with van der Waals surface area (Å²) in [6.45, 7) is 0.770. The third-order valence-electron chi connectivity index (χ3n) is 4.61. The van der Waals surface area contributed by atoms with Gasteiger partial charge in [0, 0.05) is 12.6 Å².